The molecular formula is C14H17NO3. The van der Waals surface area contributed by atoms with Crippen molar-refractivity contribution in [3.63, 3.8) is 0 Å². The van der Waals surface area contributed by atoms with Gasteiger partial charge in [-0.15, -0.1) is 0 Å². The van der Waals surface area contributed by atoms with Crippen LogP contribution in [0.3, 0.4) is 0 Å². The average molecular weight is 247 g/mol. The smallest absolute Gasteiger partial charge is 0.166 e. The number of ether oxygens (including phenoxy) is 3. The Morgan fingerprint density at radius 2 is 2.00 bits per heavy atom. The summed E-state index contributed by atoms with van der Waals surface area (Å²) in [6.45, 7) is 1.97. The number of hydrogen-bond acceptors (Lipinski definition) is 4. The molecule has 2 heterocycles. The Balaban J connectivity index is 1.99. The van der Waals surface area contributed by atoms with Crippen molar-refractivity contribution in [3.05, 3.63) is 35.6 Å². The second kappa shape index (κ2) is 4.90. The average Bonchev–Trinajstić information content (AvgIpc) is 2.94. The van der Waals surface area contributed by atoms with E-state index in [1.165, 1.54) is 0 Å². The maximum absolute atomic E-state index is 5.75. The van der Waals surface area contributed by atoms with E-state index >= 15 is 0 Å². The van der Waals surface area contributed by atoms with Crippen molar-refractivity contribution in [2.75, 3.05) is 26.9 Å². The number of nitrogens with one attached hydrogen (secondary N) is 1. The fraction of sp³-hybridized carbons (Fsp3) is 0.429. The van der Waals surface area contributed by atoms with E-state index in [2.05, 4.69) is 17.5 Å². The molecule has 4 nitrogen and oxygen atoms in total. The van der Waals surface area contributed by atoms with Gasteiger partial charge >= 0.3 is 0 Å². The molecule has 96 valence electrons. The predicted octanol–water partition coefficient (Wildman–Crippen LogP) is 2.02. The molecule has 2 aliphatic heterocycles. The number of likely N-dealkylation sites (N-methyl/N-ethyl adjacent to an activating group) is 1. The van der Waals surface area contributed by atoms with Crippen molar-refractivity contribution in [2.24, 2.45) is 0 Å². The van der Waals surface area contributed by atoms with Crippen LogP contribution in [0.25, 0.3) is 0 Å². The summed E-state index contributed by atoms with van der Waals surface area (Å²) in [6.07, 6.45) is 3.10. The zero-order valence-electron chi connectivity index (χ0n) is 10.4. The number of rotatable bonds is 3. The molecule has 0 saturated heterocycles. The van der Waals surface area contributed by atoms with E-state index in [0.717, 1.165) is 35.8 Å². The Bertz CT molecular complexity index is 470. The van der Waals surface area contributed by atoms with E-state index in [9.17, 15) is 0 Å². The van der Waals surface area contributed by atoms with E-state index in [1.54, 1.807) is 0 Å². The van der Waals surface area contributed by atoms with Gasteiger partial charge in [0.15, 0.2) is 11.5 Å². The molecule has 2 aliphatic rings. The molecule has 0 bridgehead atoms. The Labute approximate surface area is 107 Å². The molecule has 3 rings (SSSR count). The third-order valence-corrected chi connectivity index (χ3v) is 3.21. The van der Waals surface area contributed by atoms with Crippen LogP contribution in [0.2, 0.25) is 0 Å². The topological polar surface area (TPSA) is 39.7 Å². The summed E-state index contributed by atoms with van der Waals surface area (Å²) in [4.78, 5) is 0. The molecule has 0 aliphatic carbocycles. The number of para-hydroxylation sites is 1. The molecule has 0 aromatic heterocycles. The van der Waals surface area contributed by atoms with Gasteiger partial charge in [0.2, 0.25) is 0 Å². The van der Waals surface area contributed by atoms with Gasteiger partial charge in [-0.1, -0.05) is 12.1 Å². The zero-order chi connectivity index (χ0) is 12.4. The van der Waals surface area contributed by atoms with Gasteiger partial charge in [-0.3, -0.25) is 0 Å². The number of benzene rings is 1. The molecule has 0 amide bonds. The van der Waals surface area contributed by atoms with Crippen molar-refractivity contribution in [3.8, 4) is 11.5 Å². The minimum atomic E-state index is 0.0316. The molecule has 1 N–H and O–H groups in total. The molecule has 0 radical (unpaired) electrons. The van der Waals surface area contributed by atoms with Crippen LogP contribution in [0.15, 0.2) is 30.0 Å². The molecule has 4 heteroatoms. The molecule has 1 unspecified atom stereocenters. The van der Waals surface area contributed by atoms with E-state index in [-0.39, 0.29) is 6.04 Å². The van der Waals surface area contributed by atoms with Crippen LogP contribution in [-0.4, -0.2) is 26.9 Å². The third kappa shape index (κ3) is 1.93. The summed E-state index contributed by atoms with van der Waals surface area (Å²) in [5.41, 5.74) is 1.07. The predicted molar refractivity (Wildman–Crippen MR) is 67.9 cm³/mol. The summed E-state index contributed by atoms with van der Waals surface area (Å²) in [5, 5.41) is 3.28. The molecule has 0 saturated carbocycles. The largest absolute Gasteiger partial charge is 0.496 e. The van der Waals surface area contributed by atoms with Crippen molar-refractivity contribution >= 4 is 0 Å². The van der Waals surface area contributed by atoms with E-state index in [1.807, 2.05) is 19.2 Å². The fourth-order valence-corrected chi connectivity index (χ4v) is 2.41. The Hall–Kier alpha value is -1.68. The fourth-order valence-electron chi connectivity index (χ4n) is 2.41. The molecular weight excluding hydrogens is 230 g/mol. The first-order chi connectivity index (χ1) is 8.90. The summed E-state index contributed by atoms with van der Waals surface area (Å²) < 4.78 is 17.0. The minimum absolute atomic E-state index is 0.0316. The monoisotopic (exact) mass is 247 g/mol. The van der Waals surface area contributed by atoms with Gasteiger partial charge in [0.05, 0.1) is 12.6 Å². The van der Waals surface area contributed by atoms with Gasteiger partial charge in [0.1, 0.15) is 19.0 Å². The third-order valence-electron chi connectivity index (χ3n) is 3.21. The van der Waals surface area contributed by atoms with Crippen LogP contribution < -0.4 is 14.8 Å². The number of fused-ring (bicyclic) bond motifs is 1. The van der Waals surface area contributed by atoms with Gasteiger partial charge in [-0.2, -0.15) is 0 Å². The first-order valence-electron chi connectivity index (χ1n) is 6.29. The van der Waals surface area contributed by atoms with Crippen LogP contribution in [-0.2, 0) is 4.74 Å². The standard InChI is InChI=1S/C14H17NO3/c1-15-13(11-6-3-7-16-11)10-4-2-5-12-14(10)18-9-8-17-12/h2,4-6,13,15H,3,7-9H2,1H3. The first kappa shape index (κ1) is 11.4. The van der Waals surface area contributed by atoms with Crippen LogP contribution >= 0.6 is 0 Å². The van der Waals surface area contributed by atoms with E-state index in [4.69, 9.17) is 14.2 Å². The summed E-state index contributed by atoms with van der Waals surface area (Å²) >= 11 is 0. The van der Waals surface area contributed by atoms with E-state index < -0.39 is 0 Å². The Morgan fingerprint density at radius 3 is 2.78 bits per heavy atom. The first-order valence-corrected chi connectivity index (χ1v) is 6.29. The van der Waals surface area contributed by atoms with Crippen molar-refractivity contribution < 1.29 is 14.2 Å². The molecule has 1 aromatic carbocycles. The molecule has 18 heavy (non-hydrogen) atoms. The van der Waals surface area contributed by atoms with Crippen molar-refractivity contribution in [1.29, 1.82) is 0 Å². The van der Waals surface area contributed by atoms with Gasteiger partial charge in [0, 0.05) is 12.0 Å². The van der Waals surface area contributed by atoms with Gasteiger partial charge in [0.25, 0.3) is 0 Å². The lowest BCUT2D eigenvalue weighted by molar-refractivity contribution is 0.166. The highest BCUT2D eigenvalue weighted by Gasteiger charge is 2.25. The van der Waals surface area contributed by atoms with Crippen LogP contribution in [0.1, 0.15) is 18.0 Å². The summed E-state index contributed by atoms with van der Waals surface area (Å²) in [6, 6.07) is 6.01. The van der Waals surface area contributed by atoms with Gasteiger partial charge in [-0.25, -0.2) is 0 Å². The second-order valence-electron chi connectivity index (χ2n) is 4.34. The minimum Gasteiger partial charge on any atom is -0.496 e. The lowest BCUT2D eigenvalue weighted by Crippen LogP contribution is -2.23. The van der Waals surface area contributed by atoms with E-state index in [0.29, 0.717) is 13.2 Å². The number of hydrogen-bond donors (Lipinski definition) is 1. The lowest BCUT2D eigenvalue weighted by atomic mass is 10.0. The maximum atomic E-state index is 5.75. The molecule has 0 spiro atoms. The van der Waals surface area contributed by atoms with Crippen LogP contribution in [0.5, 0.6) is 11.5 Å². The Kier molecular flexibility index (Phi) is 3.11. The van der Waals surface area contributed by atoms with Gasteiger partial charge < -0.3 is 19.5 Å². The van der Waals surface area contributed by atoms with Crippen LogP contribution in [0, 0.1) is 0 Å². The van der Waals surface area contributed by atoms with Crippen LogP contribution in [0.4, 0.5) is 0 Å². The molecule has 1 aromatic rings. The highest BCUT2D eigenvalue weighted by atomic mass is 16.6. The SMILES string of the molecule is CNC(C1=CCCO1)c1cccc2c1OCCO2. The maximum Gasteiger partial charge on any atom is 0.166 e. The lowest BCUT2D eigenvalue weighted by Gasteiger charge is -2.25. The molecule has 0 fully saturated rings. The quantitative estimate of drug-likeness (QED) is 0.887. The van der Waals surface area contributed by atoms with Crippen molar-refractivity contribution in [1.82, 2.24) is 5.32 Å². The second-order valence-corrected chi connectivity index (χ2v) is 4.34. The highest BCUT2D eigenvalue weighted by Crippen LogP contribution is 2.39. The zero-order valence-corrected chi connectivity index (χ0v) is 10.4. The van der Waals surface area contributed by atoms with Crippen molar-refractivity contribution in [2.45, 2.75) is 12.5 Å². The Morgan fingerprint density at radius 1 is 1.11 bits per heavy atom. The summed E-state index contributed by atoms with van der Waals surface area (Å²) in [7, 11) is 1.93. The normalized spacial score (nSPS) is 19.1. The van der Waals surface area contributed by atoms with Gasteiger partial charge in [-0.05, 0) is 19.2 Å². The molecule has 1 atom stereocenters. The highest BCUT2D eigenvalue weighted by molar-refractivity contribution is 5.50. The summed E-state index contributed by atoms with van der Waals surface area (Å²) in [5.74, 6) is 2.62.